The highest BCUT2D eigenvalue weighted by atomic mass is 16.4. The first kappa shape index (κ1) is 13.1. The zero-order valence-corrected chi connectivity index (χ0v) is 10.0. The second kappa shape index (κ2) is 5.09. The number of likely N-dealkylation sites (tertiary alicyclic amines) is 1. The van der Waals surface area contributed by atoms with Gasteiger partial charge in [-0.2, -0.15) is 0 Å². The molecule has 2 rings (SSSR count). The number of hydrogen-bond donors (Lipinski definition) is 2. The average molecular weight is 263 g/mol. The molecule has 19 heavy (non-hydrogen) atoms. The van der Waals surface area contributed by atoms with Gasteiger partial charge >= 0.3 is 11.9 Å². The van der Waals surface area contributed by atoms with Crippen molar-refractivity contribution in [1.82, 2.24) is 4.90 Å². The third kappa shape index (κ3) is 2.57. The minimum atomic E-state index is -1.16. The first-order chi connectivity index (χ1) is 9.00. The van der Waals surface area contributed by atoms with Crippen molar-refractivity contribution in [2.75, 3.05) is 6.54 Å². The highest BCUT2D eigenvalue weighted by molar-refractivity contribution is 5.90. The van der Waals surface area contributed by atoms with Crippen molar-refractivity contribution in [3.8, 4) is 0 Å². The SMILES string of the molecule is O=C(O)C1CC(=O)N([C@@H](C(=O)O)c2ccccc2)C1. The predicted octanol–water partition coefficient (Wildman–Crippen LogP) is 0.745. The highest BCUT2D eigenvalue weighted by Gasteiger charge is 2.41. The molecule has 1 aromatic rings. The Bertz CT molecular complexity index is 513. The molecule has 0 bridgehead atoms. The molecule has 1 saturated heterocycles. The molecule has 1 amide bonds. The Kier molecular flexibility index (Phi) is 3.50. The first-order valence-corrected chi connectivity index (χ1v) is 5.80. The maximum Gasteiger partial charge on any atom is 0.331 e. The standard InChI is InChI=1S/C13H13NO5/c15-10-6-9(12(16)17)7-14(10)11(13(18)19)8-4-2-1-3-5-8/h1-5,9,11H,6-7H2,(H,16,17)(H,18,19)/t9?,11-/m1/s1. The lowest BCUT2D eigenvalue weighted by atomic mass is 10.1. The van der Waals surface area contributed by atoms with E-state index in [1.807, 2.05) is 0 Å². The van der Waals surface area contributed by atoms with E-state index in [1.165, 1.54) is 0 Å². The summed E-state index contributed by atoms with van der Waals surface area (Å²) >= 11 is 0. The van der Waals surface area contributed by atoms with Gasteiger partial charge < -0.3 is 15.1 Å². The smallest absolute Gasteiger partial charge is 0.331 e. The van der Waals surface area contributed by atoms with Crippen LogP contribution < -0.4 is 0 Å². The number of nitrogens with zero attached hydrogens (tertiary/aromatic N) is 1. The van der Waals surface area contributed by atoms with Gasteiger partial charge in [-0.05, 0) is 5.56 Å². The van der Waals surface area contributed by atoms with Gasteiger partial charge in [0.25, 0.3) is 0 Å². The van der Waals surface area contributed by atoms with Crippen LogP contribution in [0, 0.1) is 5.92 Å². The van der Waals surface area contributed by atoms with E-state index in [-0.39, 0.29) is 13.0 Å². The molecule has 0 radical (unpaired) electrons. The van der Waals surface area contributed by atoms with E-state index in [9.17, 15) is 19.5 Å². The number of carbonyl (C=O) groups is 3. The first-order valence-electron chi connectivity index (χ1n) is 5.80. The topological polar surface area (TPSA) is 94.9 Å². The monoisotopic (exact) mass is 263 g/mol. The summed E-state index contributed by atoms with van der Waals surface area (Å²) in [5.41, 5.74) is 0.467. The Labute approximate surface area is 109 Å². The zero-order valence-electron chi connectivity index (χ0n) is 10.0. The third-order valence-corrected chi connectivity index (χ3v) is 3.17. The van der Waals surface area contributed by atoms with Crippen molar-refractivity contribution >= 4 is 17.8 Å². The Morgan fingerprint density at radius 1 is 1.21 bits per heavy atom. The van der Waals surface area contributed by atoms with E-state index >= 15 is 0 Å². The molecule has 2 atom stereocenters. The van der Waals surface area contributed by atoms with Crippen LogP contribution in [0.15, 0.2) is 30.3 Å². The van der Waals surface area contributed by atoms with E-state index in [0.29, 0.717) is 5.56 Å². The van der Waals surface area contributed by atoms with E-state index in [1.54, 1.807) is 30.3 Å². The molecule has 1 aromatic carbocycles. The van der Waals surface area contributed by atoms with E-state index in [0.717, 1.165) is 4.90 Å². The summed E-state index contributed by atoms with van der Waals surface area (Å²) in [5, 5.41) is 18.2. The number of hydrogen-bond acceptors (Lipinski definition) is 3. The predicted molar refractivity (Wildman–Crippen MR) is 64.3 cm³/mol. The molecule has 0 aliphatic carbocycles. The van der Waals surface area contributed by atoms with Gasteiger partial charge in [0, 0.05) is 13.0 Å². The normalized spacial score (nSPS) is 20.3. The minimum Gasteiger partial charge on any atom is -0.481 e. The van der Waals surface area contributed by atoms with Crippen molar-refractivity contribution in [2.24, 2.45) is 5.92 Å². The van der Waals surface area contributed by atoms with E-state index in [4.69, 9.17) is 5.11 Å². The number of amides is 1. The molecular weight excluding hydrogens is 250 g/mol. The van der Waals surface area contributed by atoms with Crippen molar-refractivity contribution in [1.29, 1.82) is 0 Å². The summed E-state index contributed by atoms with van der Waals surface area (Å²) in [6.45, 7) is -0.0694. The van der Waals surface area contributed by atoms with Crippen molar-refractivity contribution in [3.05, 3.63) is 35.9 Å². The quantitative estimate of drug-likeness (QED) is 0.835. The maximum atomic E-state index is 11.8. The van der Waals surface area contributed by atoms with Crippen molar-refractivity contribution in [2.45, 2.75) is 12.5 Å². The third-order valence-electron chi connectivity index (χ3n) is 3.17. The van der Waals surface area contributed by atoms with Crippen LogP contribution in [-0.4, -0.2) is 39.5 Å². The van der Waals surface area contributed by atoms with Crippen molar-refractivity contribution < 1.29 is 24.6 Å². The van der Waals surface area contributed by atoms with Gasteiger partial charge in [-0.15, -0.1) is 0 Å². The highest BCUT2D eigenvalue weighted by Crippen LogP contribution is 2.29. The van der Waals surface area contributed by atoms with Gasteiger partial charge in [-0.25, -0.2) is 4.79 Å². The van der Waals surface area contributed by atoms with Crippen LogP contribution in [0.2, 0.25) is 0 Å². The van der Waals surface area contributed by atoms with Crippen LogP contribution in [0.5, 0.6) is 0 Å². The van der Waals surface area contributed by atoms with Gasteiger partial charge in [0.05, 0.1) is 5.92 Å². The Morgan fingerprint density at radius 3 is 2.32 bits per heavy atom. The van der Waals surface area contributed by atoms with Crippen LogP contribution in [0.1, 0.15) is 18.0 Å². The fourth-order valence-corrected chi connectivity index (χ4v) is 2.24. The minimum absolute atomic E-state index is 0.0694. The lowest BCUT2D eigenvalue weighted by Crippen LogP contribution is -2.35. The molecule has 100 valence electrons. The van der Waals surface area contributed by atoms with Crippen LogP contribution in [0.25, 0.3) is 0 Å². The summed E-state index contributed by atoms with van der Waals surface area (Å²) in [6.07, 6.45) is -0.147. The second-order valence-electron chi connectivity index (χ2n) is 4.44. The Morgan fingerprint density at radius 2 is 1.84 bits per heavy atom. The molecule has 0 spiro atoms. The second-order valence-corrected chi connectivity index (χ2v) is 4.44. The molecule has 1 unspecified atom stereocenters. The van der Waals surface area contributed by atoms with E-state index in [2.05, 4.69) is 0 Å². The summed E-state index contributed by atoms with van der Waals surface area (Å²) in [4.78, 5) is 35.2. The molecule has 1 heterocycles. The number of carbonyl (C=O) groups excluding carboxylic acids is 1. The molecule has 0 aromatic heterocycles. The van der Waals surface area contributed by atoms with E-state index < -0.39 is 29.8 Å². The van der Waals surface area contributed by atoms with Gasteiger partial charge in [0.15, 0.2) is 6.04 Å². The van der Waals surface area contributed by atoms with Crippen LogP contribution in [-0.2, 0) is 14.4 Å². The Hall–Kier alpha value is -2.37. The number of rotatable bonds is 4. The molecule has 1 aliphatic rings. The van der Waals surface area contributed by atoms with Crippen LogP contribution in [0.4, 0.5) is 0 Å². The number of carboxylic acids is 2. The number of aliphatic carboxylic acids is 2. The summed E-state index contributed by atoms with van der Waals surface area (Å²) < 4.78 is 0. The Balaban J connectivity index is 2.29. The lowest BCUT2D eigenvalue weighted by Gasteiger charge is -2.24. The summed E-state index contributed by atoms with van der Waals surface area (Å²) in [7, 11) is 0. The molecule has 0 saturated carbocycles. The fraction of sp³-hybridized carbons (Fsp3) is 0.308. The summed E-state index contributed by atoms with van der Waals surface area (Å²) in [5.74, 6) is -3.51. The van der Waals surface area contributed by atoms with Crippen LogP contribution >= 0.6 is 0 Å². The fourth-order valence-electron chi connectivity index (χ4n) is 2.24. The zero-order chi connectivity index (χ0) is 14.0. The summed E-state index contributed by atoms with van der Waals surface area (Å²) in [6, 6.07) is 7.20. The molecule has 1 fully saturated rings. The maximum absolute atomic E-state index is 11.8. The molecular formula is C13H13NO5. The molecule has 1 aliphatic heterocycles. The number of carboxylic acid groups (broad SMARTS) is 2. The van der Waals surface area contributed by atoms with Gasteiger partial charge in [-0.1, -0.05) is 30.3 Å². The van der Waals surface area contributed by atoms with Gasteiger partial charge in [0.1, 0.15) is 0 Å². The van der Waals surface area contributed by atoms with Crippen LogP contribution in [0.3, 0.4) is 0 Å². The molecule has 2 N–H and O–H groups in total. The molecule has 6 heteroatoms. The lowest BCUT2D eigenvalue weighted by molar-refractivity contribution is -0.149. The largest absolute Gasteiger partial charge is 0.481 e. The molecule has 6 nitrogen and oxygen atoms in total. The average Bonchev–Trinajstić information content (AvgIpc) is 2.73. The van der Waals surface area contributed by atoms with Crippen molar-refractivity contribution in [3.63, 3.8) is 0 Å². The van der Waals surface area contributed by atoms with Gasteiger partial charge in [0.2, 0.25) is 5.91 Å². The number of benzene rings is 1. The van der Waals surface area contributed by atoms with Gasteiger partial charge in [-0.3, -0.25) is 9.59 Å².